The van der Waals surface area contributed by atoms with Crippen molar-refractivity contribution in [1.82, 2.24) is 4.90 Å². The minimum atomic E-state index is -0.727. The average Bonchev–Trinajstić information content (AvgIpc) is 3.22. The number of carbonyl (C=O) groups is 1. The van der Waals surface area contributed by atoms with E-state index < -0.39 is 5.54 Å². The van der Waals surface area contributed by atoms with E-state index in [1.54, 1.807) is 0 Å². The van der Waals surface area contributed by atoms with E-state index in [9.17, 15) is 4.79 Å². The summed E-state index contributed by atoms with van der Waals surface area (Å²) in [5, 5.41) is 0. The highest BCUT2D eigenvalue weighted by Crippen LogP contribution is 2.38. The summed E-state index contributed by atoms with van der Waals surface area (Å²) in [5.41, 5.74) is 5.61. The molecule has 116 valence electrons. The van der Waals surface area contributed by atoms with Crippen LogP contribution in [0.3, 0.4) is 0 Å². The molecule has 0 aromatic carbocycles. The molecule has 0 heterocycles. The van der Waals surface area contributed by atoms with Crippen LogP contribution >= 0.6 is 0 Å². The Balaban J connectivity index is 1.86. The monoisotopic (exact) mass is 282 g/mol. The van der Waals surface area contributed by atoms with Crippen LogP contribution in [-0.2, 0) is 9.53 Å². The number of nitrogens with zero attached hydrogens (tertiary/aromatic N) is 1. The lowest BCUT2D eigenvalue weighted by Crippen LogP contribution is -2.52. The van der Waals surface area contributed by atoms with Crippen molar-refractivity contribution >= 4 is 5.97 Å². The van der Waals surface area contributed by atoms with Gasteiger partial charge in [0.05, 0.1) is 7.11 Å². The first-order valence-electron chi connectivity index (χ1n) is 8.23. The quantitative estimate of drug-likeness (QED) is 0.694. The van der Waals surface area contributed by atoms with Crippen LogP contribution in [0, 0.1) is 5.92 Å². The SMILES string of the molecule is CCCCN(CCC1CCCC1(N)C(=O)OC)C1CC1. The molecule has 0 aliphatic heterocycles. The third kappa shape index (κ3) is 3.53. The molecule has 0 amide bonds. The first kappa shape index (κ1) is 15.8. The van der Waals surface area contributed by atoms with E-state index in [4.69, 9.17) is 10.5 Å². The fraction of sp³-hybridized carbons (Fsp3) is 0.938. The fourth-order valence-corrected chi connectivity index (χ4v) is 3.56. The molecule has 2 fully saturated rings. The van der Waals surface area contributed by atoms with E-state index in [2.05, 4.69) is 11.8 Å². The maximum Gasteiger partial charge on any atom is 0.326 e. The van der Waals surface area contributed by atoms with Crippen molar-refractivity contribution in [2.75, 3.05) is 20.2 Å². The molecule has 0 saturated heterocycles. The summed E-state index contributed by atoms with van der Waals surface area (Å²) in [6, 6.07) is 0.799. The van der Waals surface area contributed by atoms with Gasteiger partial charge in [0.2, 0.25) is 0 Å². The Hall–Kier alpha value is -0.610. The Morgan fingerprint density at radius 1 is 1.35 bits per heavy atom. The number of rotatable bonds is 8. The normalized spacial score (nSPS) is 29.9. The molecule has 4 heteroatoms. The van der Waals surface area contributed by atoms with Crippen LogP contribution in [0.15, 0.2) is 0 Å². The number of unbranched alkanes of at least 4 members (excludes halogenated alkanes) is 1. The van der Waals surface area contributed by atoms with Crippen molar-refractivity contribution in [3.05, 3.63) is 0 Å². The van der Waals surface area contributed by atoms with Gasteiger partial charge in [0.15, 0.2) is 0 Å². The lowest BCUT2D eigenvalue weighted by atomic mass is 9.85. The van der Waals surface area contributed by atoms with E-state index in [1.165, 1.54) is 39.3 Å². The standard InChI is InChI=1S/C16H30N2O2/c1-3-4-11-18(14-7-8-14)12-9-13-6-5-10-16(13,17)15(19)20-2/h13-14H,3-12,17H2,1-2H3. The lowest BCUT2D eigenvalue weighted by molar-refractivity contribution is -0.148. The molecular weight excluding hydrogens is 252 g/mol. The first-order chi connectivity index (χ1) is 9.61. The smallest absolute Gasteiger partial charge is 0.326 e. The second-order valence-corrected chi connectivity index (χ2v) is 6.53. The molecule has 4 nitrogen and oxygen atoms in total. The molecule has 2 aliphatic rings. The summed E-state index contributed by atoms with van der Waals surface area (Å²) in [5.74, 6) is 0.0735. The zero-order valence-corrected chi connectivity index (χ0v) is 13.1. The molecular formula is C16H30N2O2. The highest BCUT2D eigenvalue weighted by molar-refractivity contribution is 5.81. The van der Waals surface area contributed by atoms with Crippen molar-refractivity contribution in [3.63, 3.8) is 0 Å². The van der Waals surface area contributed by atoms with Crippen LogP contribution in [0.5, 0.6) is 0 Å². The van der Waals surface area contributed by atoms with E-state index >= 15 is 0 Å². The van der Waals surface area contributed by atoms with Crippen LogP contribution in [0.2, 0.25) is 0 Å². The predicted molar refractivity (Wildman–Crippen MR) is 80.4 cm³/mol. The van der Waals surface area contributed by atoms with Gasteiger partial charge in [-0.15, -0.1) is 0 Å². The third-order valence-electron chi connectivity index (χ3n) is 5.06. The van der Waals surface area contributed by atoms with Gasteiger partial charge in [0, 0.05) is 6.04 Å². The van der Waals surface area contributed by atoms with Crippen LogP contribution in [0.25, 0.3) is 0 Å². The van der Waals surface area contributed by atoms with Crippen molar-refractivity contribution in [2.24, 2.45) is 11.7 Å². The summed E-state index contributed by atoms with van der Waals surface area (Å²) in [7, 11) is 1.45. The Labute approximate surface area is 123 Å². The van der Waals surface area contributed by atoms with Crippen molar-refractivity contribution in [2.45, 2.75) is 69.9 Å². The highest BCUT2D eigenvalue weighted by Gasteiger charge is 2.46. The second-order valence-electron chi connectivity index (χ2n) is 6.53. The lowest BCUT2D eigenvalue weighted by Gasteiger charge is -2.31. The zero-order chi connectivity index (χ0) is 14.6. The van der Waals surface area contributed by atoms with E-state index in [0.29, 0.717) is 0 Å². The van der Waals surface area contributed by atoms with Crippen LogP contribution in [-0.4, -0.2) is 42.6 Å². The molecule has 0 radical (unpaired) electrons. The number of carbonyl (C=O) groups excluding carboxylic acids is 1. The molecule has 2 unspecified atom stereocenters. The molecule has 0 aromatic rings. The number of methoxy groups -OCH3 is 1. The minimum absolute atomic E-state index is 0.216. The molecule has 2 atom stereocenters. The van der Waals surface area contributed by atoms with Gasteiger partial charge in [0.1, 0.15) is 5.54 Å². The van der Waals surface area contributed by atoms with E-state index in [1.807, 2.05) is 0 Å². The molecule has 0 aromatic heterocycles. The number of esters is 1. The van der Waals surface area contributed by atoms with E-state index in [-0.39, 0.29) is 11.9 Å². The maximum atomic E-state index is 11.9. The van der Waals surface area contributed by atoms with Gasteiger partial charge in [0.25, 0.3) is 0 Å². The third-order valence-corrected chi connectivity index (χ3v) is 5.06. The highest BCUT2D eigenvalue weighted by atomic mass is 16.5. The number of hydrogen-bond acceptors (Lipinski definition) is 4. The predicted octanol–water partition coefficient (Wildman–Crippen LogP) is 2.31. The van der Waals surface area contributed by atoms with Crippen molar-refractivity contribution in [1.29, 1.82) is 0 Å². The van der Waals surface area contributed by atoms with Gasteiger partial charge in [-0.3, -0.25) is 4.79 Å². The van der Waals surface area contributed by atoms with Gasteiger partial charge in [-0.2, -0.15) is 0 Å². The summed E-state index contributed by atoms with van der Waals surface area (Å²) in [6.07, 6.45) is 9.14. The van der Waals surface area contributed by atoms with E-state index in [0.717, 1.165) is 38.3 Å². The summed E-state index contributed by atoms with van der Waals surface area (Å²) >= 11 is 0. The topological polar surface area (TPSA) is 55.6 Å². The molecule has 2 N–H and O–H groups in total. The first-order valence-corrected chi connectivity index (χ1v) is 8.23. The molecule has 0 bridgehead atoms. The average molecular weight is 282 g/mol. The number of hydrogen-bond donors (Lipinski definition) is 1. The van der Waals surface area contributed by atoms with Crippen molar-refractivity contribution in [3.8, 4) is 0 Å². The zero-order valence-electron chi connectivity index (χ0n) is 13.1. The van der Waals surface area contributed by atoms with Crippen molar-refractivity contribution < 1.29 is 9.53 Å². The minimum Gasteiger partial charge on any atom is -0.468 e. The fourth-order valence-electron chi connectivity index (χ4n) is 3.56. The van der Waals surface area contributed by atoms with Gasteiger partial charge in [-0.1, -0.05) is 19.8 Å². The Bertz CT molecular complexity index is 330. The Morgan fingerprint density at radius 3 is 2.70 bits per heavy atom. The molecule has 0 spiro atoms. The summed E-state index contributed by atoms with van der Waals surface area (Å²) in [4.78, 5) is 14.6. The maximum absolute atomic E-state index is 11.9. The molecule has 2 saturated carbocycles. The van der Waals surface area contributed by atoms with Gasteiger partial charge < -0.3 is 15.4 Å². The molecule has 2 rings (SSSR count). The van der Waals surface area contributed by atoms with Crippen LogP contribution in [0.4, 0.5) is 0 Å². The Kier molecular flexibility index (Phi) is 5.44. The van der Waals surface area contributed by atoms with Crippen LogP contribution < -0.4 is 5.73 Å². The van der Waals surface area contributed by atoms with Gasteiger partial charge in [-0.05, 0) is 57.5 Å². The van der Waals surface area contributed by atoms with Crippen LogP contribution in [0.1, 0.15) is 58.3 Å². The largest absolute Gasteiger partial charge is 0.468 e. The van der Waals surface area contributed by atoms with Gasteiger partial charge >= 0.3 is 5.97 Å². The summed E-state index contributed by atoms with van der Waals surface area (Å²) < 4.78 is 4.92. The summed E-state index contributed by atoms with van der Waals surface area (Å²) in [6.45, 7) is 4.53. The van der Waals surface area contributed by atoms with Gasteiger partial charge in [-0.25, -0.2) is 0 Å². The number of ether oxygens (including phenoxy) is 1. The number of nitrogens with two attached hydrogens (primary N) is 1. The molecule has 20 heavy (non-hydrogen) atoms. The molecule has 2 aliphatic carbocycles. The Morgan fingerprint density at radius 2 is 2.10 bits per heavy atom. The second kappa shape index (κ2) is 6.90.